The summed E-state index contributed by atoms with van der Waals surface area (Å²) in [6, 6.07) is 9.57. The van der Waals surface area contributed by atoms with Gasteiger partial charge in [-0.05, 0) is 30.7 Å². The molecule has 1 heterocycles. The molecule has 0 unspecified atom stereocenters. The number of likely N-dealkylation sites (tertiary alicyclic amines) is 1. The first kappa shape index (κ1) is 29.3. The minimum atomic E-state index is -4.29. The zero-order valence-electron chi connectivity index (χ0n) is 20.7. The van der Waals surface area contributed by atoms with Gasteiger partial charge >= 0.3 is 5.97 Å². The molecule has 1 fully saturated rings. The van der Waals surface area contributed by atoms with E-state index in [0.717, 1.165) is 4.31 Å². The van der Waals surface area contributed by atoms with Gasteiger partial charge in [0.05, 0.1) is 28.1 Å². The Morgan fingerprint density at radius 3 is 2.39 bits per heavy atom. The van der Waals surface area contributed by atoms with Crippen LogP contribution in [0.3, 0.4) is 0 Å². The van der Waals surface area contributed by atoms with Gasteiger partial charge in [0.15, 0.2) is 11.5 Å². The standard InChI is InChI=1S/C25H29Cl2N5O5S/c1-16(28)31-10-7-20(8-11-31)37-24-21(26)13-19(14-22(24)27)32(38(35,36)15-23(33)34)9-3-5-17-4-2-6-18(12-17)25(29)30/h2-6,12-14,20,28H,7-11,15H2,1H3,(H3,29,30)(H,33,34)/b5-3+,28-16?. The maximum Gasteiger partial charge on any atom is 0.320 e. The molecule has 2 aromatic rings. The van der Waals surface area contributed by atoms with Crippen LogP contribution in [0.5, 0.6) is 5.75 Å². The van der Waals surface area contributed by atoms with Crippen LogP contribution in [-0.2, 0) is 14.8 Å². The molecule has 0 spiro atoms. The van der Waals surface area contributed by atoms with Crippen molar-refractivity contribution < 1.29 is 23.1 Å². The Hall–Kier alpha value is -3.28. The number of hydrogen-bond acceptors (Lipinski definition) is 6. The molecule has 38 heavy (non-hydrogen) atoms. The number of rotatable bonds is 10. The number of nitrogens with one attached hydrogen (secondary N) is 2. The number of amidine groups is 2. The molecule has 10 nitrogen and oxygen atoms in total. The summed E-state index contributed by atoms with van der Waals surface area (Å²) >= 11 is 12.9. The van der Waals surface area contributed by atoms with Crippen molar-refractivity contribution in [2.45, 2.75) is 25.9 Å². The number of ether oxygens (including phenoxy) is 1. The van der Waals surface area contributed by atoms with Gasteiger partial charge in [-0.15, -0.1) is 0 Å². The molecular formula is C25H29Cl2N5O5S. The highest BCUT2D eigenvalue weighted by Crippen LogP contribution is 2.39. The molecule has 0 radical (unpaired) electrons. The number of sulfonamides is 1. The Balaban J connectivity index is 1.86. The van der Waals surface area contributed by atoms with E-state index in [2.05, 4.69) is 0 Å². The second-order valence-corrected chi connectivity index (χ2v) is 11.5. The van der Waals surface area contributed by atoms with Crippen LogP contribution in [0, 0.1) is 10.8 Å². The number of carbonyl (C=O) groups is 1. The third kappa shape index (κ3) is 7.62. The van der Waals surface area contributed by atoms with Crippen LogP contribution in [0.15, 0.2) is 42.5 Å². The van der Waals surface area contributed by atoms with Crippen molar-refractivity contribution in [2.75, 3.05) is 29.7 Å². The molecule has 5 N–H and O–H groups in total. The lowest BCUT2D eigenvalue weighted by atomic mass is 10.1. The lowest BCUT2D eigenvalue weighted by Gasteiger charge is -2.33. The van der Waals surface area contributed by atoms with E-state index in [1.54, 1.807) is 43.3 Å². The van der Waals surface area contributed by atoms with Crippen LogP contribution < -0.4 is 14.8 Å². The average Bonchev–Trinajstić information content (AvgIpc) is 2.83. The van der Waals surface area contributed by atoms with Crippen LogP contribution in [-0.4, -0.2) is 67.6 Å². The minimum absolute atomic E-state index is 0.0880. The Morgan fingerprint density at radius 1 is 1.21 bits per heavy atom. The molecule has 0 aliphatic carbocycles. The lowest BCUT2D eigenvalue weighted by Crippen LogP contribution is -2.40. The first-order valence-corrected chi connectivity index (χ1v) is 14.0. The largest absolute Gasteiger partial charge is 0.487 e. The number of nitrogens with zero attached hydrogens (tertiary/aromatic N) is 2. The fraction of sp³-hybridized carbons (Fsp3) is 0.320. The van der Waals surface area contributed by atoms with Crippen LogP contribution in [0.2, 0.25) is 10.0 Å². The number of carboxylic acids is 1. The normalized spacial score (nSPS) is 14.4. The zero-order chi connectivity index (χ0) is 28.0. The number of halogens is 2. The number of nitrogens with two attached hydrogens (primary N) is 1. The van der Waals surface area contributed by atoms with Crippen LogP contribution in [0.1, 0.15) is 30.9 Å². The molecule has 0 aromatic heterocycles. The van der Waals surface area contributed by atoms with Gasteiger partial charge in [-0.2, -0.15) is 0 Å². The quantitative estimate of drug-likeness (QED) is 0.243. The summed E-state index contributed by atoms with van der Waals surface area (Å²) < 4.78 is 32.9. The molecule has 0 bridgehead atoms. The summed E-state index contributed by atoms with van der Waals surface area (Å²) in [5, 5.41) is 24.7. The van der Waals surface area contributed by atoms with Crippen molar-refractivity contribution in [3.8, 4) is 5.75 Å². The van der Waals surface area contributed by atoms with E-state index in [4.69, 9.17) is 44.5 Å². The van der Waals surface area contributed by atoms with Gasteiger partial charge in [0.25, 0.3) is 0 Å². The molecule has 1 aliphatic rings. The van der Waals surface area contributed by atoms with Crippen molar-refractivity contribution >= 4 is 62.6 Å². The Morgan fingerprint density at radius 2 is 1.84 bits per heavy atom. The second kappa shape index (κ2) is 12.5. The zero-order valence-corrected chi connectivity index (χ0v) is 23.0. The van der Waals surface area contributed by atoms with Gasteiger partial charge in [-0.1, -0.05) is 53.6 Å². The molecule has 204 valence electrons. The fourth-order valence-corrected chi connectivity index (χ4v) is 5.76. The third-order valence-electron chi connectivity index (χ3n) is 5.89. The second-order valence-electron chi connectivity index (χ2n) is 8.75. The summed E-state index contributed by atoms with van der Waals surface area (Å²) in [6.45, 7) is 2.86. The van der Waals surface area contributed by atoms with Crippen LogP contribution in [0.4, 0.5) is 5.69 Å². The van der Waals surface area contributed by atoms with Gasteiger partial charge in [0.1, 0.15) is 11.9 Å². The summed E-state index contributed by atoms with van der Waals surface area (Å²) in [4.78, 5) is 13.2. The first-order chi connectivity index (χ1) is 17.9. The third-order valence-corrected chi connectivity index (χ3v) is 8.10. The van der Waals surface area contributed by atoms with E-state index in [9.17, 15) is 18.3 Å². The number of anilines is 1. The molecular weight excluding hydrogens is 553 g/mol. The van der Waals surface area contributed by atoms with E-state index in [-0.39, 0.29) is 40.0 Å². The maximum absolute atomic E-state index is 13.0. The van der Waals surface area contributed by atoms with Crippen LogP contribution in [0.25, 0.3) is 6.08 Å². The molecule has 0 atom stereocenters. The predicted molar refractivity (Wildman–Crippen MR) is 150 cm³/mol. The van der Waals surface area contributed by atoms with Gasteiger partial charge in [0.2, 0.25) is 10.0 Å². The minimum Gasteiger partial charge on any atom is -0.487 e. The predicted octanol–water partition coefficient (Wildman–Crippen LogP) is 4.05. The SMILES string of the molecule is CC(=N)N1CCC(Oc2c(Cl)cc(N(C/C=C/c3cccc(C(=N)N)c3)S(=O)(=O)CC(=O)O)cc2Cl)CC1. The fourth-order valence-electron chi connectivity index (χ4n) is 3.99. The summed E-state index contributed by atoms with van der Waals surface area (Å²) in [7, 11) is -4.29. The van der Waals surface area contributed by atoms with Crippen molar-refractivity contribution in [3.05, 3.63) is 63.6 Å². The van der Waals surface area contributed by atoms with Crippen molar-refractivity contribution in [1.29, 1.82) is 10.8 Å². The Bertz CT molecular complexity index is 1330. The van der Waals surface area contributed by atoms with Crippen molar-refractivity contribution in [3.63, 3.8) is 0 Å². The maximum atomic E-state index is 13.0. The monoisotopic (exact) mass is 581 g/mol. The van der Waals surface area contributed by atoms with Crippen molar-refractivity contribution in [2.24, 2.45) is 5.73 Å². The Kier molecular flexibility index (Phi) is 9.64. The van der Waals surface area contributed by atoms with E-state index >= 15 is 0 Å². The van der Waals surface area contributed by atoms with E-state index < -0.39 is 21.7 Å². The Labute approximate surface area is 231 Å². The van der Waals surface area contributed by atoms with Gasteiger partial charge < -0.3 is 20.5 Å². The molecule has 0 saturated carbocycles. The summed E-state index contributed by atoms with van der Waals surface area (Å²) in [5.41, 5.74) is 6.80. The van der Waals surface area contributed by atoms with E-state index in [1.807, 2.05) is 4.90 Å². The molecule has 2 aromatic carbocycles. The van der Waals surface area contributed by atoms with Gasteiger partial charge in [-0.3, -0.25) is 19.9 Å². The molecule has 3 rings (SSSR count). The summed E-state index contributed by atoms with van der Waals surface area (Å²) in [5.74, 6) is -2.02. The molecule has 1 aliphatic heterocycles. The highest BCUT2D eigenvalue weighted by atomic mass is 35.5. The van der Waals surface area contributed by atoms with Gasteiger partial charge in [0, 0.05) is 31.5 Å². The van der Waals surface area contributed by atoms with Crippen molar-refractivity contribution in [1.82, 2.24) is 4.90 Å². The van der Waals surface area contributed by atoms with E-state index in [0.29, 0.717) is 42.9 Å². The van der Waals surface area contributed by atoms with Crippen LogP contribution >= 0.6 is 23.2 Å². The topological polar surface area (TPSA) is 161 Å². The number of hydrogen-bond donors (Lipinski definition) is 4. The van der Waals surface area contributed by atoms with Gasteiger partial charge in [-0.25, -0.2) is 8.42 Å². The highest BCUT2D eigenvalue weighted by molar-refractivity contribution is 7.93. The number of piperidine rings is 1. The smallest absolute Gasteiger partial charge is 0.320 e. The number of carboxylic acid groups (broad SMARTS) is 1. The highest BCUT2D eigenvalue weighted by Gasteiger charge is 2.28. The van der Waals surface area contributed by atoms with E-state index in [1.165, 1.54) is 12.1 Å². The summed E-state index contributed by atoms with van der Waals surface area (Å²) in [6.07, 6.45) is 4.34. The molecule has 1 saturated heterocycles. The number of benzene rings is 2. The average molecular weight is 583 g/mol. The molecule has 13 heteroatoms. The first-order valence-electron chi connectivity index (χ1n) is 11.7. The number of aliphatic carboxylic acids is 1. The number of nitrogen functional groups attached to an aromatic ring is 1. The lowest BCUT2D eigenvalue weighted by molar-refractivity contribution is -0.134. The molecule has 0 amide bonds.